The first-order valence-electron chi connectivity index (χ1n) is 12.3. The van der Waals surface area contributed by atoms with Crippen LogP contribution in [0.3, 0.4) is 0 Å². The van der Waals surface area contributed by atoms with Gasteiger partial charge in [0.25, 0.3) is 5.91 Å². The number of esters is 1. The summed E-state index contributed by atoms with van der Waals surface area (Å²) in [6.45, 7) is 4.53. The molecule has 2 fully saturated rings. The fourth-order valence-corrected chi connectivity index (χ4v) is 5.51. The zero-order chi connectivity index (χ0) is 24.4. The lowest BCUT2D eigenvalue weighted by atomic mass is 9.89. The molecule has 7 nitrogen and oxygen atoms in total. The van der Waals surface area contributed by atoms with Gasteiger partial charge in [-0.25, -0.2) is 9.37 Å². The number of nitrogens with zero attached hydrogens (tertiary/aromatic N) is 4. The van der Waals surface area contributed by atoms with Crippen molar-refractivity contribution in [1.82, 2.24) is 19.4 Å². The Labute approximate surface area is 204 Å². The summed E-state index contributed by atoms with van der Waals surface area (Å²) in [5, 5.41) is 0. The number of carbonyl (C=O) groups is 2. The number of para-hydroxylation sites is 1. The normalized spacial score (nSPS) is 19.4. The van der Waals surface area contributed by atoms with Gasteiger partial charge in [0.2, 0.25) is 0 Å². The van der Waals surface area contributed by atoms with Gasteiger partial charge in [-0.2, -0.15) is 0 Å². The molecule has 35 heavy (non-hydrogen) atoms. The van der Waals surface area contributed by atoms with Crippen LogP contribution in [0.2, 0.25) is 0 Å². The first-order chi connectivity index (χ1) is 17.0. The second kappa shape index (κ2) is 10.2. The van der Waals surface area contributed by atoms with Crippen LogP contribution in [0, 0.1) is 11.7 Å². The van der Waals surface area contributed by atoms with Crippen molar-refractivity contribution in [3.05, 3.63) is 65.7 Å². The standard InChI is InChI=1S/C27H31FN4O3/c1-35-25(33)17-32-18-29-24-4-2-3-23(26(24)32)27(34)31-14-9-19(16-31)15-30-12-10-21(11-13-30)20-5-7-22(28)8-6-20/h2-8,18-19,21H,9-17H2,1H3. The highest BCUT2D eigenvalue weighted by Crippen LogP contribution is 2.30. The average molecular weight is 479 g/mol. The lowest BCUT2D eigenvalue weighted by Gasteiger charge is -2.33. The Morgan fingerprint density at radius 3 is 2.57 bits per heavy atom. The fourth-order valence-electron chi connectivity index (χ4n) is 5.51. The van der Waals surface area contributed by atoms with E-state index in [0.717, 1.165) is 52.0 Å². The average Bonchev–Trinajstić information content (AvgIpc) is 3.52. The monoisotopic (exact) mass is 478 g/mol. The molecule has 2 aromatic carbocycles. The maximum absolute atomic E-state index is 13.5. The van der Waals surface area contributed by atoms with Crippen LogP contribution in [-0.2, 0) is 16.1 Å². The van der Waals surface area contributed by atoms with Crippen molar-refractivity contribution in [1.29, 1.82) is 0 Å². The Morgan fingerprint density at radius 1 is 1.06 bits per heavy atom. The molecule has 3 heterocycles. The number of hydrogen-bond donors (Lipinski definition) is 0. The maximum atomic E-state index is 13.5. The Morgan fingerprint density at radius 2 is 1.83 bits per heavy atom. The van der Waals surface area contributed by atoms with Crippen molar-refractivity contribution in [3.63, 3.8) is 0 Å². The van der Waals surface area contributed by atoms with Gasteiger partial charge >= 0.3 is 5.97 Å². The van der Waals surface area contributed by atoms with Crippen LogP contribution in [-0.4, -0.2) is 71.1 Å². The molecule has 0 spiro atoms. The number of hydrogen-bond acceptors (Lipinski definition) is 5. The molecule has 2 aliphatic rings. The Hall–Kier alpha value is -3.26. The van der Waals surface area contributed by atoms with Crippen molar-refractivity contribution in [2.24, 2.45) is 5.92 Å². The second-order valence-electron chi connectivity index (χ2n) is 9.65. The lowest BCUT2D eigenvalue weighted by molar-refractivity contribution is -0.141. The van der Waals surface area contributed by atoms with Gasteiger partial charge in [-0.3, -0.25) is 9.59 Å². The van der Waals surface area contributed by atoms with Crippen LogP contribution in [0.5, 0.6) is 0 Å². The summed E-state index contributed by atoms with van der Waals surface area (Å²) in [7, 11) is 1.35. The summed E-state index contributed by atoms with van der Waals surface area (Å²) in [5.41, 5.74) is 3.17. The van der Waals surface area contributed by atoms with E-state index in [9.17, 15) is 14.0 Å². The Bertz CT molecular complexity index is 1200. The predicted molar refractivity (Wildman–Crippen MR) is 131 cm³/mol. The number of likely N-dealkylation sites (tertiary alicyclic amines) is 2. The molecule has 184 valence electrons. The fraction of sp³-hybridized carbons (Fsp3) is 0.444. The van der Waals surface area contributed by atoms with E-state index in [4.69, 9.17) is 4.74 Å². The van der Waals surface area contributed by atoms with Gasteiger partial charge in [-0.1, -0.05) is 18.2 Å². The maximum Gasteiger partial charge on any atom is 0.325 e. The summed E-state index contributed by atoms with van der Waals surface area (Å²) in [6, 6.07) is 12.4. The number of piperidine rings is 1. The summed E-state index contributed by atoms with van der Waals surface area (Å²) >= 11 is 0. The van der Waals surface area contributed by atoms with E-state index >= 15 is 0 Å². The zero-order valence-corrected chi connectivity index (χ0v) is 20.0. The van der Waals surface area contributed by atoms with E-state index in [1.54, 1.807) is 23.0 Å². The van der Waals surface area contributed by atoms with Gasteiger partial charge in [0, 0.05) is 19.6 Å². The predicted octanol–water partition coefficient (Wildman–Crippen LogP) is 3.69. The molecule has 0 N–H and O–H groups in total. The highest BCUT2D eigenvalue weighted by molar-refractivity contribution is 6.05. The molecule has 3 aromatic rings. The molecule has 0 radical (unpaired) electrons. The summed E-state index contributed by atoms with van der Waals surface area (Å²) in [5.74, 6) is 0.357. The van der Waals surface area contributed by atoms with E-state index in [2.05, 4.69) is 9.88 Å². The largest absolute Gasteiger partial charge is 0.468 e. The van der Waals surface area contributed by atoms with Crippen LogP contribution < -0.4 is 0 Å². The minimum Gasteiger partial charge on any atom is -0.468 e. The molecule has 0 saturated carbocycles. The number of ether oxygens (including phenoxy) is 1. The molecular formula is C27H31FN4O3. The Kier molecular flexibility index (Phi) is 6.81. The number of methoxy groups -OCH3 is 1. The molecule has 0 aliphatic carbocycles. The number of rotatable bonds is 6. The Balaban J connectivity index is 1.19. The minimum absolute atomic E-state index is 0.0141. The molecule has 0 bridgehead atoms. The number of benzene rings is 2. The van der Waals surface area contributed by atoms with E-state index in [1.807, 2.05) is 35.2 Å². The first-order valence-corrected chi connectivity index (χ1v) is 12.3. The van der Waals surface area contributed by atoms with Crippen molar-refractivity contribution in [3.8, 4) is 0 Å². The zero-order valence-electron chi connectivity index (χ0n) is 20.0. The highest BCUT2D eigenvalue weighted by Gasteiger charge is 2.31. The van der Waals surface area contributed by atoms with Crippen LogP contribution >= 0.6 is 0 Å². The summed E-state index contributed by atoms with van der Waals surface area (Å²) in [4.78, 5) is 34.1. The third-order valence-corrected chi connectivity index (χ3v) is 7.41. The number of aromatic nitrogens is 2. The van der Waals surface area contributed by atoms with Crippen molar-refractivity contribution >= 4 is 22.9 Å². The number of imidazole rings is 1. The molecule has 1 atom stereocenters. The summed E-state index contributed by atoms with van der Waals surface area (Å²) < 4.78 is 19.7. The number of amides is 1. The third kappa shape index (κ3) is 5.07. The van der Waals surface area contributed by atoms with Crippen molar-refractivity contribution < 1.29 is 18.7 Å². The SMILES string of the molecule is COC(=O)Cn1cnc2cccc(C(=O)N3CCC(CN4CCC(c5ccc(F)cc5)CC4)C3)c21. The van der Waals surface area contributed by atoms with Gasteiger partial charge in [0.05, 0.1) is 30.0 Å². The van der Waals surface area contributed by atoms with Crippen molar-refractivity contribution in [2.45, 2.75) is 31.7 Å². The molecule has 1 amide bonds. The number of carbonyl (C=O) groups excluding carboxylic acids is 2. The van der Waals surface area contributed by atoms with Crippen molar-refractivity contribution in [2.75, 3.05) is 39.8 Å². The molecule has 8 heteroatoms. The number of halogens is 1. The summed E-state index contributed by atoms with van der Waals surface area (Å²) in [6.07, 6.45) is 4.72. The number of fused-ring (bicyclic) bond motifs is 1. The molecule has 1 aromatic heterocycles. The van der Waals surface area contributed by atoms with Gasteiger partial charge in [0.1, 0.15) is 12.4 Å². The topological polar surface area (TPSA) is 67.7 Å². The second-order valence-corrected chi connectivity index (χ2v) is 9.65. The third-order valence-electron chi connectivity index (χ3n) is 7.41. The van der Waals surface area contributed by atoms with Gasteiger partial charge in [0.15, 0.2) is 0 Å². The molecule has 5 rings (SSSR count). The van der Waals surface area contributed by atoms with E-state index in [1.165, 1.54) is 12.7 Å². The van der Waals surface area contributed by atoms with Gasteiger partial charge in [-0.05, 0) is 74.0 Å². The lowest BCUT2D eigenvalue weighted by Crippen LogP contribution is -2.38. The molecule has 1 unspecified atom stereocenters. The van der Waals surface area contributed by atoms with Gasteiger partial charge < -0.3 is 19.1 Å². The smallest absolute Gasteiger partial charge is 0.325 e. The van der Waals surface area contributed by atoms with Crippen LogP contribution in [0.15, 0.2) is 48.8 Å². The van der Waals surface area contributed by atoms with Gasteiger partial charge in [-0.15, -0.1) is 0 Å². The quantitative estimate of drug-likeness (QED) is 0.506. The minimum atomic E-state index is -0.379. The molecule has 2 aliphatic heterocycles. The van der Waals surface area contributed by atoms with Crippen LogP contribution in [0.25, 0.3) is 11.0 Å². The van der Waals surface area contributed by atoms with E-state index in [0.29, 0.717) is 28.4 Å². The first kappa shape index (κ1) is 23.5. The van der Waals surface area contributed by atoms with Crippen LogP contribution in [0.1, 0.15) is 41.1 Å². The van der Waals surface area contributed by atoms with E-state index in [-0.39, 0.29) is 24.2 Å². The molecule has 2 saturated heterocycles. The molecular weight excluding hydrogens is 447 g/mol. The highest BCUT2D eigenvalue weighted by atomic mass is 19.1. The van der Waals surface area contributed by atoms with E-state index < -0.39 is 0 Å². The van der Waals surface area contributed by atoms with Crippen LogP contribution in [0.4, 0.5) is 4.39 Å².